The normalized spacial score (nSPS) is 22.8. The molecule has 1 saturated heterocycles. The molecule has 2 N–H and O–H groups in total. The molecule has 0 bridgehead atoms. The molecule has 2 aromatic rings. The summed E-state index contributed by atoms with van der Waals surface area (Å²) < 4.78 is 5.36. The van der Waals surface area contributed by atoms with Crippen molar-refractivity contribution in [3.8, 4) is 0 Å². The largest absolute Gasteiger partial charge is 0.379 e. The first-order valence-electron chi connectivity index (χ1n) is 6.06. The molecule has 1 fully saturated rings. The number of imidazole rings is 1. The smallest absolute Gasteiger partial charge is 0.271 e. The number of H-pyrrole nitrogens is 1. The maximum Gasteiger partial charge on any atom is 0.271 e. The highest BCUT2D eigenvalue weighted by atomic mass is 16.6. The quantitative estimate of drug-likeness (QED) is 0.652. The molecule has 0 aliphatic carbocycles. The highest BCUT2D eigenvalue weighted by molar-refractivity contribution is 5.80. The van der Waals surface area contributed by atoms with Gasteiger partial charge < -0.3 is 15.0 Å². The van der Waals surface area contributed by atoms with E-state index in [-0.39, 0.29) is 11.2 Å². The predicted molar refractivity (Wildman–Crippen MR) is 70.2 cm³/mol. The molecule has 0 radical (unpaired) electrons. The summed E-state index contributed by atoms with van der Waals surface area (Å²) in [6, 6.07) is 4.58. The number of aromatic amines is 1. The Hall–Kier alpha value is -2.15. The topological polar surface area (TPSA) is 93.1 Å². The molecule has 1 aromatic heterocycles. The second-order valence-electron chi connectivity index (χ2n) is 5.03. The lowest BCUT2D eigenvalue weighted by atomic mass is 10.0. The molecule has 100 valence electrons. The summed E-state index contributed by atoms with van der Waals surface area (Å²) in [4.78, 5) is 17.7. The Bertz CT molecular complexity index is 631. The number of nitrogens with one attached hydrogen (secondary N) is 2. The summed E-state index contributed by atoms with van der Waals surface area (Å²) in [5, 5.41) is 14.0. The fourth-order valence-corrected chi connectivity index (χ4v) is 2.22. The lowest BCUT2D eigenvalue weighted by molar-refractivity contribution is -0.384. The van der Waals surface area contributed by atoms with Crippen LogP contribution in [-0.4, -0.2) is 33.6 Å². The van der Waals surface area contributed by atoms with Crippen LogP contribution in [-0.2, 0) is 4.74 Å². The van der Waals surface area contributed by atoms with Crippen molar-refractivity contribution in [1.29, 1.82) is 0 Å². The van der Waals surface area contributed by atoms with E-state index in [2.05, 4.69) is 22.2 Å². The summed E-state index contributed by atoms with van der Waals surface area (Å²) in [5.41, 5.74) is 1.27. The van der Waals surface area contributed by atoms with Crippen LogP contribution >= 0.6 is 0 Å². The summed E-state index contributed by atoms with van der Waals surface area (Å²) in [5.74, 6) is 0.614. The number of hydrogen-bond acceptors (Lipinski definition) is 5. The molecule has 19 heavy (non-hydrogen) atoms. The standard InChI is InChI=1S/C12H14N4O3/c1-12(4-5-19-7-12)15-11-13-9-3-2-8(16(17)18)6-10(9)14-11/h2-3,6H,4-5,7H2,1H3,(H2,13,14,15). The number of fused-ring (bicyclic) bond motifs is 1. The zero-order chi connectivity index (χ0) is 13.5. The van der Waals surface area contributed by atoms with E-state index in [9.17, 15) is 10.1 Å². The van der Waals surface area contributed by atoms with Gasteiger partial charge in [-0.15, -0.1) is 0 Å². The van der Waals surface area contributed by atoms with Gasteiger partial charge in [0.05, 0.1) is 28.1 Å². The number of rotatable bonds is 3. The predicted octanol–water partition coefficient (Wildman–Crippen LogP) is 2.06. The van der Waals surface area contributed by atoms with Gasteiger partial charge in [-0.1, -0.05) is 0 Å². The van der Waals surface area contributed by atoms with Gasteiger partial charge in [0.15, 0.2) is 0 Å². The summed E-state index contributed by atoms with van der Waals surface area (Å²) >= 11 is 0. The van der Waals surface area contributed by atoms with E-state index in [4.69, 9.17) is 4.74 Å². The minimum Gasteiger partial charge on any atom is -0.379 e. The SMILES string of the molecule is CC1(Nc2nc3ccc([N+](=O)[O-])cc3[nH]2)CCOC1. The van der Waals surface area contributed by atoms with Crippen molar-refractivity contribution in [1.82, 2.24) is 9.97 Å². The Labute approximate surface area is 109 Å². The van der Waals surface area contributed by atoms with E-state index in [1.165, 1.54) is 12.1 Å². The summed E-state index contributed by atoms with van der Waals surface area (Å²) in [7, 11) is 0. The van der Waals surface area contributed by atoms with Crippen LogP contribution in [0.5, 0.6) is 0 Å². The average molecular weight is 262 g/mol. The average Bonchev–Trinajstić information content (AvgIpc) is 2.94. The van der Waals surface area contributed by atoms with Gasteiger partial charge in [0.2, 0.25) is 5.95 Å². The number of hydrogen-bond donors (Lipinski definition) is 2. The van der Waals surface area contributed by atoms with Crippen LogP contribution < -0.4 is 5.32 Å². The molecule has 1 aliphatic rings. The second kappa shape index (κ2) is 4.20. The molecule has 1 aliphatic heterocycles. The minimum atomic E-state index is -0.417. The van der Waals surface area contributed by atoms with Crippen LogP contribution in [0.25, 0.3) is 11.0 Å². The second-order valence-corrected chi connectivity index (χ2v) is 5.03. The molecule has 0 amide bonds. The van der Waals surface area contributed by atoms with Gasteiger partial charge in [-0.25, -0.2) is 4.98 Å². The van der Waals surface area contributed by atoms with Crippen molar-refractivity contribution in [2.75, 3.05) is 18.5 Å². The molecular formula is C12H14N4O3. The van der Waals surface area contributed by atoms with Crippen LogP contribution in [0.3, 0.4) is 0 Å². The van der Waals surface area contributed by atoms with Crippen molar-refractivity contribution >= 4 is 22.7 Å². The zero-order valence-electron chi connectivity index (χ0n) is 10.5. The van der Waals surface area contributed by atoms with Crippen LogP contribution in [0, 0.1) is 10.1 Å². The number of nitrogens with zero attached hydrogens (tertiary/aromatic N) is 2. The Morgan fingerprint density at radius 3 is 3.11 bits per heavy atom. The number of nitro benzene ring substituents is 1. The van der Waals surface area contributed by atoms with Crippen molar-refractivity contribution < 1.29 is 9.66 Å². The molecule has 1 unspecified atom stereocenters. The molecule has 2 heterocycles. The number of ether oxygens (including phenoxy) is 1. The fourth-order valence-electron chi connectivity index (χ4n) is 2.22. The Balaban J connectivity index is 1.91. The van der Waals surface area contributed by atoms with Crippen LogP contribution in [0.2, 0.25) is 0 Å². The molecule has 3 rings (SSSR count). The Morgan fingerprint density at radius 2 is 2.42 bits per heavy atom. The molecule has 7 heteroatoms. The Morgan fingerprint density at radius 1 is 1.58 bits per heavy atom. The summed E-state index contributed by atoms with van der Waals surface area (Å²) in [6.45, 7) is 3.43. The highest BCUT2D eigenvalue weighted by Crippen LogP contribution is 2.25. The van der Waals surface area contributed by atoms with Gasteiger partial charge >= 0.3 is 0 Å². The van der Waals surface area contributed by atoms with Crippen molar-refractivity contribution in [3.05, 3.63) is 28.3 Å². The maximum atomic E-state index is 10.7. The number of aromatic nitrogens is 2. The Kier molecular flexibility index (Phi) is 2.63. The lowest BCUT2D eigenvalue weighted by Crippen LogP contribution is -2.35. The molecule has 0 saturated carbocycles. The van der Waals surface area contributed by atoms with Gasteiger partial charge in [0.25, 0.3) is 5.69 Å². The van der Waals surface area contributed by atoms with Crippen LogP contribution in [0.1, 0.15) is 13.3 Å². The van der Waals surface area contributed by atoms with Crippen LogP contribution in [0.4, 0.5) is 11.6 Å². The van der Waals surface area contributed by atoms with E-state index < -0.39 is 4.92 Å². The van der Waals surface area contributed by atoms with E-state index in [1.807, 2.05) is 0 Å². The zero-order valence-corrected chi connectivity index (χ0v) is 10.5. The first-order chi connectivity index (χ1) is 9.06. The molecule has 0 spiro atoms. The third-order valence-electron chi connectivity index (χ3n) is 3.32. The van der Waals surface area contributed by atoms with E-state index >= 15 is 0 Å². The van der Waals surface area contributed by atoms with Crippen molar-refractivity contribution in [3.63, 3.8) is 0 Å². The van der Waals surface area contributed by atoms with Gasteiger partial charge in [0, 0.05) is 18.7 Å². The van der Waals surface area contributed by atoms with Gasteiger partial charge in [-0.3, -0.25) is 10.1 Å². The fraction of sp³-hybridized carbons (Fsp3) is 0.417. The molecule has 7 nitrogen and oxygen atoms in total. The third-order valence-corrected chi connectivity index (χ3v) is 3.32. The van der Waals surface area contributed by atoms with E-state index in [1.54, 1.807) is 6.07 Å². The maximum absolute atomic E-state index is 10.7. The lowest BCUT2D eigenvalue weighted by Gasteiger charge is -2.22. The first kappa shape index (κ1) is 11.9. The number of benzene rings is 1. The molecule has 1 aromatic carbocycles. The van der Waals surface area contributed by atoms with Gasteiger partial charge in [0.1, 0.15) is 0 Å². The summed E-state index contributed by atoms with van der Waals surface area (Å²) in [6.07, 6.45) is 0.907. The van der Waals surface area contributed by atoms with E-state index in [0.29, 0.717) is 23.6 Å². The number of non-ortho nitro benzene ring substituents is 1. The number of nitro groups is 1. The molecular weight excluding hydrogens is 248 g/mol. The van der Waals surface area contributed by atoms with Gasteiger partial charge in [-0.2, -0.15) is 0 Å². The van der Waals surface area contributed by atoms with Crippen molar-refractivity contribution in [2.45, 2.75) is 18.9 Å². The van der Waals surface area contributed by atoms with Crippen LogP contribution in [0.15, 0.2) is 18.2 Å². The number of anilines is 1. The third kappa shape index (κ3) is 2.24. The van der Waals surface area contributed by atoms with Gasteiger partial charge in [-0.05, 0) is 19.4 Å². The first-order valence-corrected chi connectivity index (χ1v) is 6.06. The minimum absolute atomic E-state index is 0.0538. The highest BCUT2D eigenvalue weighted by Gasteiger charge is 2.30. The van der Waals surface area contributed by atoms with Crippen molar-refractivity contribution in [2.24, 2.45) is 0 Å². The monoisotopic (exact) mass is 262 g/mol. The van der Waals surface area contributed by atoms with E-state index in [0.717, 1.165) is 13.0 Å². The molecule has 1 atom stereocenters.